The molecule has 4 aromatic rings. The van der Waals surface area contributed by atoms with Crippen LogP contribution in [-0.4, -0.2) is 60.9 Å². The van der Waals surface area contributed by atoms with Gasteiger partial charge in [-0.3, -0.25) is 14.2 Å². The van der Waals surface area contributed by atoms with Gasteiger partial charge in [0, 0.05) is 18.7 Å². The largest absolute Gasteiger partial charge is 0.493 e. The highest BCUT2D eigenvalue weighted by molar-refractivity contribution is 7.07. The van der Waals surface area contributed by atoms with Crippen molar-refractivity contribution in [3.63, 3.8) is 0 Å². The van der Waals surface area contributed by atoms with E-state index < -0.39 is 12.0 Å². The van der Waals surface area contributed by atoms with E-state index in [0.717, 1.165) is 31.5 Å². The molecular weight excluding hydrogens is 642 g/mol. The van der Waals surface area contributed by atoms with Crippen LogP contribution in [0.25, 0.3) is 11.8 Å². The first kappa shape index (κ1) is 33.7. The van der Waals surface area contributed by atoms with Gasteiger partial charge in [-0.2, -0.15) is 0 Å². The minimum Gasteiger partial charge on any atom is -0.493 e. The fourth-order valence-electron chi connectivity index (χ4n) is 6.00. The van der Waals surface area contributed by atoms with Gasteiger partial charge in [0.15, 0.2) is 22.9 Å². The Hall–Kier alpha value is -5.16. The van der Waals surface area contributed by atoms with Gasteiger partial charge >= 0.3 is 5.97 Å². The van der Waals surface area contributed by atoms with Gasteiger partial charge in [-0.1, -0.05) is 59.9 Å². The SMILES string of the molecule is CCOC(=O)C1=C(c2ccccc2)N=c2s/c(=C\c3ccc(OCC(=O)N4CCCC4)c(OC)c3)c(=O)n2[C@@H]1c1ccc(OC(C)C)cc1. The smallest absolute Gasteiger partial charge is 0.338 e. The summed E-state index contributed by atoms with van der Waals surface area (Å²) in [5.74, 6) is 0.949. The van der Waals surface area contributed by atoms with E-state index in [9.17, 15) is 14.4 Å². The van der Waals surface area contributed by atoms with Crippen LogP contribution in [0.1, 0.15) is 56.3 Å². The van der Waals surface area contributed by atoms with Crippen molar-refractivity contribution >= 4 is 35.0 Å². The molecule has 0 saturated carbocycles. The monoisotopic (exact) mass is 681 g/mol. The van der Waals surface area contributed by atoms with E-state index in [1.807, 2.05) is 68.4 Å². The second-order valence-electron chi connectivity index (χ2n) is 12.0. The highest BCUT2D eigenvalue weighted by Gasteiger charge is 2.35. The summed E-state index contributed by atoms with van der Waals surface area (Å²) in [6.45, 7) is 7.24. The molecule has 1 fully saturated rings. The first-order chi connectivity index (χ1) is 23.8. The predicted octanol–water partition coefficient (Wildman–Crippen LogP) is 4.73. The van der Waals surface area contributed by atoms with Crippen LogP contribution in [-0.2, 0) is 14.3 Å². The number of methoxy groups -OCH3 is 1. The number of aromatic nitrogens is 1. The summed E-state index contributed by atoms with van der Waals surface area (Å²) < 4.78 is 24.8. The molecule has 3 heterocycles. The molecule has 2 aliphatic heterocycles. The Morgan fingerprint density at radius 2 is 1.73 bits per heavy atom. The Labute approximate surface area is 288 Å². The van der Waals surface area contributed by atoms with E-state index in [1.54, 1.807) is 40.7 Å². The molecule has 0 aliphatic carbocycles. The van der Waals surface area contributed by atoms with Crippen LogP contribution in [0.5, 0.6) is 17.2 Å². The van der Waals surface area contributed by atoms with E-state index in [4.69, 9.17) is 23.9 Å². The summed E-state index contributed by atoms with van der Waals surface area (Å²) >= 11 is 1.23. The lowest BCUT2D eigenvalue weighted by molar-refractivity contribution is -0.139. The number of hydrogen-bond donors (Lipinski definition) is 0. The van der Waals surface area contributed by atoms with Gasteiger partial charge in [-0.25, -0.2) is 9.79 Å². The van der Waals surface area contributed by atoms with E-state index in [1.165, 1.54) is 18.4 Å². The number of amides is 1. The third kappa shape index (κ3) is 7.31. The summed E-state index contributed by atoms with van der Waals surface area (Å²) in [5.41, 5.74) is 2.56. The normalized spacial score (nSPS) is 16.0. The third-order valence-electron chi connectivity index (χ3n) is 8.24. The molecule has 1 amide bonds. The number of rotatable bonds is 11. The topological polar surface area (TPSA) is 109 Å². The molecule has 2 aliphatic rings. The van der Waals surface area contributed by atoms with E-state index >= 15 is 0 Å². The Balaban J connectivity index is 1.44. The van der Waals surface area contributed by atoms with Crippen LogP contribution in [0.15, 0.2) is 88.2 Å². The first-order valence-corrected chi connectivity index (χ1v) is 17.2. The number of hydrogen-bond acceptors (Lipinski definition) is 9. The van der Waals surface area contributed by atoms with Gasteiger partial charge in [0.2, 0.25) is 0 Å². The molecule has 1 atom stereocenters. The Morgan fingerprint density at radius 1 is 1.00 bits per heavy atom. The summed E-state index contributed by atoms with van der Waals surface area (Å²) in [6.07, 6.45) is 3.76. The maximum absolute atomic E-state index is 14.3. The Bertz CT molecular complexity index is 2040. The first-order valence-electron chi connectivity index (χ1n) is 16.4. The molecule has 11 heteroatoms. The molecule has 254 valence electrons. The van der Waals surface area contributed by atoms with Crippen molar-refractivity contribution in [2.75, 3.05) is 33.4 Å². The zero-order valence-corrected chi connectivity index (χ0v) is 28.8. The van der Waals surface area contributed by atoms with Crippen LogP contribution < -0.4 is 29.1 Å². The highest BCUT2D eigenvalue weighted by atomic mass is 32.1. The fraction of sp³-hybridized carbons (Fsp3) is 0.316. The maximum Gasteiger partial charge on any atom is 0.338 e. The van der Waals surface area contributed by atoms with Crippen molar-refractivity contribution in [3.8, 4) is 17.2 Å². The molecule has 0 radical (unpaired) electrons. The zero-order chi connectivity index (χ0) is 34.5. The number of carbonyl (C=O) groups is 2. The molecule has 0 N–H and O–H groups in total. The lowest BCUT2D eigenvalue weighted by atomic mass is 9.93. The van der Waals surface area contributed by atoms with Crippen molar-refractivity contribution in [2.45, 2.75) is 45.8 Å². The van der Waals surface area contributed by atoms with Crippen molar-refractivity contribution in [3.05, 3.63) is 115 Å². The standard InChI is InChI=1S/C38H39N3O7S/c1-5-46-37(44)33-34(26-11-7-6-8-12-26)39-38-41(35(33)27-14-16-28(17-15-27)48-24(2)3)36(43)31(49-38)22-25-13-18-29(30(21-25)45-4)47-23-32(42)40-19-9-10-20-40/h6-8,11-18,21-22,24,35H,5,9-10,19-20,23H2,1-4H3/b31-22-/t35-/m1/s1. The lowest BCUT2D eigenvalue weighted by Gasteiger charge is -2.26. The van der Waals surface area contributed by atoms with Crippen LogP contribution in [0.3, 0.4) is 0 Å². The molecule has 0 spiro atoms. The van der Waals surface area contributed by atoms with E-state index in [2.05, 4.69) is 0 Å². The van der Waals surface area contributed by atoms with Crippen LogP contribution in [0.4, 0.5) is 0 Å². The second kappa shape index (κ2) is 14.9. The van der Waals surface area contributed by atoms with Crippen LogP contribution in [0, 0.1) is 0 Å². The van der Waals surface area contributed by atoms with Crippen molar-refractivity contribution in [1.82, 2.24) is 9.47 Å². The summed E-state index contributed by atoms with van der Waals surface area (Å²) in [7, 11) is 1.53. The molecule has 0 unspecified atom stereocenters. The number of ether oxygens (including phenoxy) is 4. The molecule has 10 nitrogen and oxygen atoms in total. The predicted molar refractivity (Wildman–Crippen MR) is 188 cm³/mol. The molecule has 49 heavy (non-hydrogen) atoms. The number of nitrogens with zero attached hydrogens (tertiary/aromatic N) is 3. The van der Waals surface area contributed by atoms with Crippen LogP contribution >= 0.6 is 11.3 Å². The Kier molecular flexibility index (Phi) is 10.3. The van der Waals surface area contributed by atoms with Gasteiger partial charge in [0.25, 0.3) is 11.5 Å². The van der Waals surface area contributed by atoms with Crippen molar-refractivity contribution < 1.29 is 28.5 Å². The molecule has 3 aromatic carbocycles. The van der Waals surface area contributed by atoms with Gasteiger partial charge in [-0.15, -0.1) is 0 Å². The number of carbonyl (C=O) groups excluding carboxylic acids is 2. The summed E-state index contributed by atoms with van der Waals surface area (Å²) in [5, 5.41) is 0. The highest BCUT2D eigenvalue weighted by Crippen LogP contribution is 2.36. The van der Waals surface area contributed by atoms with Gasteiger partial charge in [-0.05, 0) is 75.1 Å². The molecule has 6 rings (SSSR count). The van der Waals surface area contributed by atoms with Gasteiger partial charge in [0.05, 0.1) is 41.7 Å². The maximum atomic E-state index is 14.3. The number of benzene rings is 3. The zero-order valence-electron chi connectivity index (χ0n) is 28.0. The molecule has 1 saturated heterocycles. The Morgan fingerprint density at radius 3 is 2.41 bits per heavy atom. The minimum absolute atomic E-state index is 0.0140. The number of esters is 1. The van der Waals surface area contributed by atoms with Gasteiger partial charge < -0.3 is 23.8 Å². The summed E-state index contributed by atoms with van der Waals surface area (Å²) in [4.78, 5) is 47.7. The molecule has 0 bridgehead atoms. The van der Waals surface area contributed by atoms with E-state index in [0.29, 0.717) is 43.4 Å². The van der Waals surface area contributed by atoms with Gasteiger partial charge in [0.1, 0.15) is 5.75 Å². The molecule has 1 aromatic heterocycles. The van der Waals surface area contributed by atoms with Crippen LogP contribution in [0.2, 0.25) is 0 Å². The third-order valence-corrected chi connectivity index (χ3v) is 9.22. The lowest BCUT2D eigenvalue weighted by Crippen LogP contribution is -2.40. The number of fused-ring (bicyclic) bond motifs is 1. The second-order valence-corrected chi connectivity index (χ2v) is 13.0. The summed E-state index contributed by atoms with van der Waals surface area (Å²) in [6, 6.07) is 21.3. The van der Waals surface area contributed by atoms with Crippen molar-refractivity contribution in [1.29, 1.82) is 0 Å². The number of likely N-dealkylation sites (tertiary alicyclic amines) is 1. The fourth-order valence-corrected chi connectivity index (χ4v) is 7.00. The quantitative estimate of drug-likeness (QED) is 0.211. The molecular formula is C38H39N3O7S. The average Bonchev–Trinajstić information content (AvgIpc) is 3.76. The average molecular weight is 682 g/mol. The van der Waals surface area contributed by atoms with E-state index in [-0.39, 0.29) is 36.4 Å². The minimum atomic E-state index is -0.806. The number of thiazole rings is 1. The van der Waals surface area contributed by atoms with Crippen molar-refractivity contribution in [2.24, 2.45) is 4.99 Å².